The van der Waals surface area contributed by atoms with Crippen LogP contribution in [-0.2, 0) is 9.84 Å². The van der Waals surface area contributed by atoms with Crippen LogP contribution < -0.4 is 11.5 Å². The lowest BCUT2D eigenvalue weighted by Crippen LogP contribution is -2.16. The number of aryl methyl sites for hydroxylation is 1. The molecule has 0 saturated heterocycles. The summed E-state index contributed by atoms with van der Waals surface area (Å²) in [5, 5.41) is 0. The molecule has 1 rings (SSSR count). The van der Waals surface area contributed by atoms with Gasteiger partial charge in [0, 0.05) is 6.26 Å². The Kier molecular flexibility index (Phi) is 2.96. The molecule has 0 aliphatic rings. The Balaban J connectivity index is 3.48. The average molecular weight is 230 g/mol. The minimum atomic E-state index is -3.40. The maximum absolute atomic E-state index is 11.4. The van der Waals surface area contributed by atoms with Crippen LogP contribution in [0.5, 0.6) is 0 Å². The third-order valence-corrected chi connectivity index (χ3v) is 3.10. The standard InChI is InChI=1S/C8H14N4O2S/c1-4(9)8-11-5(2)6(7(10)12-8)15(3,13)14/h4H,9H2,1-3H3,(H2,10,11,12). The van der Waals surface area contributed by atoms with Crippen molar-refractivity contribution in [3.8, 4) is 0 Å². The molecule has 1 atom stereocenters. The summed E-state index contributed by atoms with van der Waals surface area (Å²) in [7, 11) is -3.40. The Labute approximate surface area is 88.6 Å². The summed E-state index contributed by atoms with van der Waals surface area (Å²) in [5.41, 5.74) is 11.5. The molecule has 0 spiro atoms. The Bertz CT molecular complexity index is 458. The quantitative estimate of drug-likeness (QED) is 0.727. The van der Waals surface area contributed by atoms with E-state index in [0.29, 0.717) is 11.5 Å². The van der Waals surface area contributed by atoms with Gasteiger partial charge in [0.2, 0.25) is 0 Å². The molecule has 1 unspecified atom stereocenters. The number of sulfone groups is 1. The first-order chi connectivity index (χ1) is 6.73. The zero-order chi connectivity index (χ0) is 11.8. The molecule has 0 fully saturated rings. The van der Waals surface area contributed by atoms with Gasteiger partial charge in [-0.15, -0.1) is 0 Å². The Morgan fingerprint density at radius 2 is 1.87 bits per heavy atom. The highest BCUT2D eigenvalue weighted by molar-refractivity contribution is 7.90. The van der Waals surface area contributed by atoms with Crippen molar-refractivity contribution < 1.29 is 8.42 Å². The zero-order valence-electron chi connectivity index (χ0n) is 8.85. The van der Waals surface area contributed by atoms with Crippen LogP contribution >= 0.6 is 0 Å². The molecule has 6 nitrogen and oxygen atoms in total. The largest absolute Gasteiger partial charge is 0.382 e. The third kappa shape index (κ3) is 2.42. The summed E-state index contributed by atoms with van der Waals surface area (Å²) in [6.45, 7) is 3.27. The van der Waals surface area contributed by atoms with Crippen LogP contribution in [0.1, 0.15) is 24.5 Å². The molecular weight excluding hydrogens is 216 g/mol. The van der Waals surface area contributed by atoms with Gasteiger partial charge in [-0.3, -0.25) is 0 Å². The van der Waals surface area contributed by atoms with E-state index in [4.69, 9.17) is 11.5 Å². The molecule has 0 aromatic carbocycles. The highest BCUT2D eigenvalue weighted by Gasteiger charge is 2.19. The van der Waals surface area contributed by atoms with Gasteiger partial charge in [0.15, 0.2) is 9.84 Å². The second-order valence-corrected chi connectivity index (χ2v) is 5.40. The molecule has 1 heterocycles. The predicted octanol–water partition coefficient (Wildman–Crippen LogP) is -0.210. The minimum Gasteiger partial charge on any atom is -0.382 e. The van der Waals surface area contributed by atoms with Crippen molar-refractivity contribution >= 4 is 15.7 Å². The van der Waals surface area contributed by atoms with Crippen molar-refractivity contribution in [1.29, 1.82) is 0 Å². The van der Waals surface area contributed by atoms with Gasteiger partial charge in [0.05, 0.1) is 11.7 Å². The summed E-state index contributed by atoms with van der Waals surface area (Å²) < 4.78 is 22.7. The fourth-order valence-electron chi connectivity index (χ4n) is 1.27. The topological polar surface area (TPSA) is 112 Å². The van der Waals surface area contributed by atoms with E-state index in [1.807, 2.05) is 0 Å². The van der Waals surface area contributed by atoms with Gasteiger partial charge in [-0.25, -0.2) is 18.4 Å². The summed E-state index contributed by atoms with van der Waals surface area (Å²) >= 11 is 0. The minimum absolute atomic E-state index is 0.0214. The zero-order valence-corrected chi connectivity index (χ0v) is 9.67. The molecule has 7 heteroatoms. The van der Waals surface area contributed by atoms with Gasteiger partial charge in [-0.2, -0.15) is 0 Å². The maximum Gasteiger partial charge on any atom is 0.180 e. The summed E-state index contributed by atoms with van der Waals surface area (Å²) in [5.74, 6) is 0.301. The van der Waals surface area contributed by atoms with E-state index in [9.17, 15) is 8.42 Å². The molecular formula is C8H14N4O2S. The van der Waals surface area contributed by atoms with Crippen molar-refractivity contribution in [2.45, 2.75) is 24.8 Å². The van der Waals surface area contributed by atoms with Crippen LogP contribution in [0.3, 0.4) is 0 Å². The molecule has 0 bridgehead atoms. The van der Waals surface area contributed by atoms with Crippen LogP contribution in [0.25, 0.3) is 0 Å². The van der Waals surface area contributed by atoms with Gasteiger partial charge in [-0.05, 0) is 13.8 Å². The maximum atomic E-state index is 11.4. The van der Waals surface area contributed by atoms with E-state index in [0.717, 1.165) is 6.26 Å². The number of nitrogens with zero attached hydrogens (tertiary/aromatic N) is 2. The van der Waals surface area contributed by atoms with Crippen molar-refractivity contribution in [2.75, 3.05) is 12.0 Å². The van der Waals surface area contributed by atoms with Crippen LogP contribution in [0.4, 0.5) is 5.82 Å². The molecule has 1 aromatic heterocycles. The smallest absolute Gasteiger partial charge is 0.180 e. The fourth-order valence-corrected chi connectivity index (χ4v) is 2.28. The number of rotatable bonds is 2. The van der Waals surface area contributed by atoms with Crippen LogP contribution in [0.15, 0.2) is 4.90 Å². The number of hydrogen-bond acceptors (Lipinski definition) is 6. The van der Waals surface area contributed by atoms with E-state index in [1.165, 1.54) is 0 Å². The molecule has 0 saturated carbocycles. The molecule has 0 aliphatic carbocycles. The van der Waals surface area contributed by atoms with Gasteiger partial charge < -0.3 is 11.5 Å². The normalized spacial score (nSPS) is 13.9. The number of hydrogen-bond donors (Lipinski definition) is 2. The summed E-state index contributed by atoms with van der Waals surface area (Å²) in [6.07, 6.45) is 1.07. The number of aromatic nitrogens is 2. The fraction of sp³-hybridized carbons (Fsp3) is 0.500. The third-order valence-electron chi connectivity index (χ3n) is 1.86. The van der Waals surface area contributed by atoms with Crippen molar-refractivity contribution in [1.82, 2.24) is 9.97 Å². The number of nitrogens with two attached hydrogens (primary N) is 2. The predicted molar refractivity (Wildman–Crippen MR) is 56.9 cm³/mol. The van der Waals surface area contributed by atoms with Crippen molar-refractivity contribution in [3.05, 3.63) is 11.5 Å². The Morgan fingerprint density at radius 1 is 1.33 bits per heavy atom. The first kappa shape index (κ1) is 11.9. The average Bonchev–Trinajstić information content (AvgIpc) is 1.99. The molecule has 1 aromatic rings. The number of nitrogen functional groups attached to an aromatic ring is 1. The Morgan fingerprint density at radius 3 is 2.20 bits per heavy atom. The first-order valence-electron chi connectivity index (χ1n) is 4.33. The summed E-state index contributed by atoms with van der Waals surface area (Å²) in [4.78, 5) is 7.85. The molecule has 4 N–H and O–H groups in total. The second-order valence-electron chi connectivity index (χ2n) is 3.44. The van der Waals surface area contributed by atoms with Crippen LogP contribution in [0.2, 0.25) is 0 Å². The van der Waals surface area contributed by atoms with Crippen LogP contribution in [0, 0.1) is 6.92 Å². The molecule has 0 radical (unpaired) electrons. The van der Waals surface area contributed by atoms with Gasteiger partial charge >= 0.3 is 0 Å². The molecule has 15 heavy (non-hydrogen) atoms. The van der Waals surface area contributed by atoms with Crippen LogP contribution in [-0.4, -0.2) is 24.6 Å². The Hall–Kier alpha value is -1.21. The summed E-state index contributed by atoms with van der Waals surface area (Å²) in [6, 6.07) is -0.375. The highest BCUT2D eigenvalue weighted by atomic mass is 32.2. The van der Waals surface area contributed by atoms with Crippen molar-refractivity contribution in [3.63, 3.8) is 0 Å². The highest BCUT2D eigenvalue weighted by Crippen LogP contribution is 2.20. The van der Waals surface area contributed by atoms with E-state index < -0.39 is 9.84 Å². The monoisotopic (exact) mass is 230 g/mol. The van der Waals surface area contributed by atoms with E-state index in [2.05, 4.69) is 9.97 Å². The van der Waals surface area contributed by atoms with Gasteiger partial charge in [0.1, 0.15) is 16.5 Å². The second kappa shape index (κ2) is 3.74. The lowest BCUT2D eigenvalue weighted by molar-refractivity contribution is 0.599. The lowest BCUT2D eigenvalue weighted by atomic mass is 10.3. The van der Waals surface area contributed by atoms with Gasteiger partial charge in [0.25, 0.3) is 0 Å². The van der Waals surface area contributed by atoms with Gasteiger partial charge in [-0.1, -0.05) is 0 Å². The number of anilines is 1. The molecule has 0 amide bonds. The van der Waals surface area contributed by atoms with E-state index in [1.54, 1.807) is 13.8 Å². The van der Waals surface area contributed by atoms with Crippen molar-refractivity contribution in [2.24, 2.45) is 5.73 Å². The first-order valence-corrected chi connectivity index (χ1v) is 6.22. The molecule has 84 valence electrons. The lowest BCUT2D eigenvalue weighted by Gasteiger charge is -2.10. The van der Waals surface area contributed by atoms with E-state index >= 15 is 0 Å². The van der Waals surface area contributed by atoms with E-state index in [-0.39, 0.29) is 16.8 Å². The molecule has 0 aliphatic heterocycles. The SMILES string of the molecule is Cc1nc(C(C)N)nc(N)c1S(C)(=O)=O.